The van der Waals surface area contributed by atoms with Crippen molar-refractivity contribution in [3.05, 3.63) is 65.7 Å². The van der Waals surface area contributed by atoms with E-state index in [4.69, 9.17) is 4.74 Å². The van der Waals surface area contributed by atoms with Crippen LogP contribution in [-0.4, -0.2) is 23.7 Å². The van der Waals surface area contributed by atoms with Crippen molar-refractivity contribution in [3.8, 4) is 0 Å². The standard InChI is InChI=1S/C18H20FN3O2/c19-15-7-5-14(6-8-15)17(16-4-2-10-24-16)22-18(23)21-12-13-3-1-9-20-11-13/h1,3,5-9,11,16-17H,2,4,10,12H2,(H2,21,22,23)/t16-,17-/m1/s1. The third kappa shape index (κ3) is 4.29. The molecule has 1 aromatic heterocycles. The summed E-state index contributed by atoms with van der Waals surface area (Å²) in [6.45, 7) is 1.07. The normalized spacial score (nSPS) is 18.1. The van der Waals surface area contributed by atoms with Crippen LogP contribution in [0, 0.1) is 5.82 Å². The largest absolute Gasteiger partial charge is 0.376 e. The van der Waals surface area contributed by atoms with Crippen molar-refractivity contribution >= 4 is 6.03 Å². The Morgan fingerprint density at radius 2 is 2.17 bits per heavy atom. The molecule has 0 radical (unpaired) electrons. The first-order valence-electron chi connectivity index (χ1n) is 8.03. The van der Waals surface area contributed by atoms with E-state index in [0.717, 1.165) is 24.0 Å². The molecule has 0 aliphatic carbocycles. The smallest absolute Gasteiger partial charge is 0.315 e. The number of pyridine rings is 1. The van der Waals surface area contributed by atoms with Gasteiger partial charge in [-0.3, -0.25) is 4.98 Å². The van der Waals surface area contributed by atoms with E-state index in [0.29, 0.717) is 13.2 Å². The molecule has 1 saturated heterocycles. The fourth-order valence-electron chi connectivity index (χ4n) is 2.80. The van der Waals surface area contributed by atoms with Gasteiger partial charge in [-0.1, -0.05) is 18.2 Å². The van der Waals surface area contributed by atoms with E-state index in [9.17, 15) is 9.18 Å². The van der Waals surface area contributed by atoms with Gasteiger partial charge >= 0.3 is 6.03 Å². The summed E-state index contributed by atoms with van der Waals surface area (Å²) in [5.41, 5.74) is 1.75. The molecule has 2 aromatic rings. The highest BCUT2D eigenvalue weighted by molar-refractivity contribution is 5.74. The van der Waals surface area contributed by atoms with Crippen LogP contribution in [0.2, 0.25) is 0 Å². The van der Waals surface area contributed by atoms with Crippen LogP contribution in [0.4, 0.5) is 9.18 Å². The van der Waals surface area contributed by atoms with Gasteiger partial charge in [0.15, 0.2) is 0 Å². The fraction of sp³-hybridized carbons (Fsp3) is 0.333. The topological polar surface area (TPSA) is 63.2 Å². The lowest BCUT2D eigenvalue weighted by molar-refractivity contribution is 0.0807. The predicted molar refractivity (Wildman–Crippen MR) is 87.7 cm³/mol. The molecule has 2 heterocycles. The summed E-state index contributed by atoms with van der Waals surface area (Å²) >= 11 is 0. The summed E-state index contributed by atoms with van der Waals surface area (Å²) in [4.78, 5) is 16.3. The number of halogens is 1. The second-order valence-electron chi connectivity index (χ2n) is 5.77. The molecule has 6 heteroatoms. The Labute approximate surface area is 140 Å². The van der Waals surface area contributed by atoms with Gasteiger partial charge in [0, 0.05) is 25.5 Å². The number of urea groups is 1. The number of ether oxygens (including phenoxy) is 1. The van der Waals surface area contributed by atoms with E-state index in [2.05, 4.69) is 15.6 Å². The highest BCUT2D eigenvalue weighted by Crippen LogP contribution is 2.27. The van der Waals surface area contributed by atoms with Gasteiger partial charge in [-0.25, -0.2) is 9.18 Å². The molecule has 1 aliphatic rings. The maximum Gasteiger partial charge on any atom is 0.315 e. The minimum atomic E-state index is -0.304. The van der Waals surface area contributed by atoms with Gasteiger partial charge in [0.2, 0.25) is 0 Å². The number of hydrogen-bond acceptors (Lipinski definition) is 3. The van der Waals surface area contributed by atoms with Crippen molar-refractivity contribution in [3.63, 3.8) is 0 Å². The monoisotopic (exact) mass is 329 g/mol. The van der Waals surface area contributed by atoms with E-state index in [-0.39, 0.29) is 24.0 Å². The van der Waals surface area contributed by atoms with Gasteiger partial charge in [0.25, 0.3) is 0 Å². The van der Waals surface area contributed by atoms with E-state index >= 15 is 0 Å². The molecule has 1 aromatic carbocycles. The van der Waals surface area contributed by atoms with Crippen LogP contribution >= 0.6 is 0 Å². The lowest BCUT2D eigenvalue weighted by atomic mass is 9.99. The second-order valence-corrected chi connectivity index (χ2v) is 5.77. The zero-order valence-electron chi connectivity index (χ0n) is 13.2. The summed E-state index contributed by atoms with van der Waals surface area (Å²) in [5, 5.41) is 5.76. The lowest BCUT2D eigenvalue weighted by Crippen LogP contribution is -2.42. The van der Waals surface area contributed by atoms with E-state index in [1.165, 1.54) is 12.1 Å². The van der Waals surface area contributed by atoms with Crippen molar-refractivity contribution < 1.29 is 13.9 Å². The van der Waals surface area contributed by atoms with Gasteiger partial charge in [0.05, 0.1) is 12.1 Å². The van der Waals surface area contributed by atoms with Crippen LogP contribution < -0.4 is 10.6 Å². The molecule has 2 amide bonds. The number of nitrogens with one attached hydrogen (secondary N) is 2. The van der Waals surface area contributed by atoms with Crippen molar-refractivity contribution in [1.82, 2.24) is 15.6 Å². The molecule has 1 fully saturated rings. The second kappa shape index (κ2) is 7.88. The first-order chi connectivity index (χ1) is 11.7. The summed E-state index contributed by atoms with van der Waals surface area (Å²) < 4.78 is 18.9. The molecule has 0 saturated carbocycles. The highest BCUT2D eigenvalue weighted by atomic mass is 19.1. The molecule has 0 unspecified atom stereocenters. The van der Waals surface area contributed by atoms with Gasteiger partial charge < -0.3 is 15.4 Å². The molecule has 0 bridgehead atoms. The molecule has 1 aliphatic heterocycles. The number of carbonyl (C=O) groups is 1. The molecule has 2 atom stereocenters. The highest BCUT2D eigenvalue weighted by Gasteiger charge is 2.28. The Hall–Kier alpha value is -2.47. The van der Waals surface area contributed by atoms with Crippen LogP contribution in [-0.2, 0) is 11.3 Å². The van der Waals surface area contributed by atoms with Crippen molar-refractivity contribution in [2.75, 3.05) is 6.61 Å². The first-order valence-corrected chi connectivity index (χ1v) is 8.03. The van der Waals surface area contributed by atoms with Crippen LogP contribution in [0.15, 0.2) is 48.8 Å². The SMILES string of the molecule is O=C(NCc1cccnc1)N[C@H](c1ccc(F)cc1)[C@H]1CCCO1. The third-order valence-corrected chi connectivity index (χ3v) is 4.03. The molecule has 0 spiro atoms. The minimum absolute atomic E-state index is 0.0976. The van der Waals surface area contributed by atoms with E-state index in [1.54, 1.807) is 24.5 Å². The van der Waals surface area contributed by atoms with Crippen molar-refractivity contribution in [1.29, 1.82) is 0 Å². The zero-order chi connectivity index (χ0) is 16.8. The van der Waals surface area contributed by atoms with Gasteiger partial charge in [-0.2, -0.15) is 0 Å². The van der Waals surface area contributed by atoms with Gasteiger partial charge in [-0.15, -0.1) is 0 Å². The quantitative estimate of drug-likeness (QED) is 0.886. The number of hydrogen-bond donors (Lipinski definition) is 2. The molecular weight excluding hydrogens is 309 g/mol. The van der Waals surface area contributed by atoms with Gasteiger partial charge in [0.1, 0.15) is 5.82 Å². The summed E-state index contributed by atoms with van der Waals surface area (Å²) in [6, 6.07) is 9.28. The lowest BCUT2D eigenvalue weighted by Gasteiger charge is -2.25. The Kier molecular flexibility index (Phi) is 5.38. The number of aromatic nitrogens is 1. The zero-order valence-corrected chi connectivity index (χ0v) is 13.2. The molecule has 24 heavy (non-hydrogen) atoms. The number of rotatable bonds is 5. The molecule has 5 nitrogen and oxygen atoms in total. The molecule has 2 N–H and O–H groups in total. The average Bonchev–Trinajstić information content (AvgIpc) is 3.14. The summed E-state index contributed by atoms with van der Waals surface area (Å²) in [6.07, 6.45) is 5.12. The van der Waals surface area contributed by atoms with Crippen molar-refractivity contribution in [2.24, 2.45) is 0 Å². The third-order valence-electron chi connectivity index (χ3n) is 4.03. The molecule has 126 valence electrons. The number of nitrogens with zero attached hydrogens (tertiary/aromatic N) is 1. The maximum atomic E-state index is 13.2. The maximum absolute atomic E-state index is 13.2. The summed E-state index contributed by atoms with van der Waals surface area (Å²) in [5.74, 6) is -0.300. The van der Waals surface area contributed by atoms with E-state index < -0.39 is 0 Å². The van der Waals surface area contributed by atoms with Crippen LogP contribution in [0.25, 0.3) is 0 Å². The van der Waals surface area contributed by atoms with E-state index in [1.807, 2.05) is 12.1 Å². The van der Waals surface area contributed by atoms with Crippen LogP contribution in [0.3, 0.4) is 0 Å². The average molecular weight is 329 g/mol. The Balaban J connectivity index is 1.64. The number of carbonyl (C=O) groups excluding carboxylic acids is 1. The molecule has 3 rings (SSSR count). The van der Waals surface area contributed by atoms with Crippen LogP contribution in [0.1, 0.15) is 30.0 Å². The summed E-state index contributed by atoms with van der Waals surface area (Å²) in [7, 11) is 0. The Morgan fingerprint density at radius 1 is 1.33 bits per heavy atom. The van der Waals surface area contributed by atoms with Crippen molar-refractivity contribution in [2.45, 2.75) is 31.5 Å². The fourth-order valence-corrected chi connectivity index (χ4v) is 2.80. The first kappa shape index (κ1) is 16.4. The number of amides is 2. The number of benzene rings is 1. The molecular formula is C18H20FN3O2. The Bertz CT molecular complexity index is 658. The predicted octanol–water partition coefficient (Wildman–Crippen LogP) is 2.94. The Morgan fingerprint density at radius 3 is 2.83 bits per heavy atom. The van der Waals surface area contributed by atoms with Gasteiger partial charge in [-0.05, 0) is 42.2 Å². The minimum Gasteiger partial charge on any atom is -0.376 e. The van der Waals surface area contributed by atoms with Crippen LogP contribution in [0.5, 0.6) is 0 Å².